The van der Waals surface area contributed by atoms with Crippen molar-refractivity contribution < 1.29 is 19.1 Å². The lowest BCUT2D eigenvalue weighted by atomic mass is 9.94. The van der Waals surface area contributed by atoms with Crippen molar-refractivity contribution in [3.63, 3.8) is 0 Å². The zero-order valence-electron chi connectivity index (χ0n) is 19.7. The van der Waals surface area contributed by atoms with Gasteiger partial charge in [-0.25, -0.2) is 0 Å². The van der Waals surface area contributed by atoms with E-state index in [1.54, 1.807) is 31.0 Å². The Bertz CT molecular complexity index is 1050. The van der Waals surface area contributed by atoms with E-state index in [0.29, 0.717) is 31.0 Å². The first kappa shape index (κ1) is 24.1. The summed E-state index contributed by atoms with van der Waals surface area (Å²) in [7, 11) is 1.75. The van der Waals surface area contributed by atoms with E-state index in [0.717, 1.165) is 53.6 Å². The molecule has 0 aliphatic carbocycles. The summed E-state index contributed by atoms with van der Waals surface area (Å²) in [6.07, 6.45) is 1.09. The standard InChI is InChI=1S/C26H31N3O4S/c1-3-32-24(30)15-18-14-21-8-9-22(16-23(21)33-17-18)28(2)26(31)20-6-4-19(5-7-20)25(27)29-10-12-34-13-11-29/h4-9,16,18,27H,3,10-15,17H2,1-2H3. The Morgan fingerprint density at radius 2 is 1.85 bits per heavy atom. The lowest BCUT2D eigenvalue weighted by molar-refractivity contribution is -0.144. The summed E-state index contributed by atoms with van der Waals surface area (Å²) in [5.41, 5.74) is 3.17. The highest BCUT2D eigenvalue weighted by Crippen LogP contribution is 2.33. The number of amides is 1. The fraction of sp³-hybridized carbons (Fsp3) is 0.423. The van der Waals surface area contributed by atoms with Crippen LogP contribution in [0.3, 0.4) is 0 Å². The molecule has 1 amide bonds. The van der Waals surface area contributed by atoms with E-state index < -0.39 is 0 Å². The average Bonchev–Trinajstić information content (AvgIpc) is 2.88. The number of thioether (sulfide) groups is 1. The number of hydrogen-bond donors (Lipinski definition) is 1. The van der Waals surface area contributed by atoms with Gasteiger partial charge in [0.05, 0.1) is 19.6 Å². The van der Waals surface area contributed by atoms with Crippen molar-refractivity contribution in [1.82, 2.24) is 4.90 Å². The summed E-state index contributed by atoms with van der Waals surface area (Å²) in [5.74, 6) is 3.13. The molecular formula is C26H31N3O4S. The molecule has 0 aromatic heterocycles. The first-order valence-corrected chi connectivity index (χ1v) is 12.8. The third-order valence-electron chi connectivity index (χ3n) is 6.22. The van der Waals surface area contributed by atoms with Gasteiger partial charge in [-0.2, -0.15) is 11.8 Å². The molecule has 7 nitrogen and oxygen atoms in total. The Kier molecular flexibility index (Phi) is 7.77. The van der Waals surface area contributed by atoms with E-state index in [4.69, 9.17) is 14.9 Å². The molecule has 4 rings (SSSR count). The van der Waals surface area contributed by atoms with Crippen LogP contribution < -0.4 is 9.64 Å². The van der Waals surface area contributed by atoms with E-state index >= 15 is 0 Å². The summed E-state index contributed by atoms with van der Waals surface area (Å²) >= 11 is 1.92. The number of carbonyl (C=O) groups is 2. The number of nitrogens with zero attached hydrogens (tertiary/aromatic N) is 2. The number of carbonyl (C=O) groups excluding carboxylic acids is 2. The second kappa shape index (κ2) is 11.0. The molecule has 2 aromatic rings. The van der Waals surface area contributed by atoms with Gasteiger partial charge in [0, 0.05) is 60.4 Å². The fourth-order valence-corrected chi connectivity index (χ4v) is 5.17. The van der Waals surface area contributed by atoms with Gasteiger partial charge in [-0.05, 0) is 37.1 Å². The SMILES string of the molecule is CCOC(=O)CC1COc2cc(N(C)C(=O)c3ccc(C(=N)N4CCSCC4)cc3)ccc2C1. The highest BCUT2D eigenvalue weighted by atomic mass is 32.2. The maximum Gasteiger partial charge on any atom is 0.306 e. The number of ether oxygens (including phenoxy) is 2. The predicted octanol–water partition coefficient (Wildman–Crippen LogP) is 3.84. The molecule has 180 valence electrons. The van der Waals surface area contributed by atoms with Crippen LogP contribution in [0, 0.1) is 11.3 Å². The maximum absolute atomic E-state index is 13.1. The third kappa shape index (κ3) is 5.55. The van der Waals surface area contributed by atoms with Crippen molar-refractivity contribution in [2.45, 2.75) is 19.8 Å². The van der Waals surface area contributed by atoms with Crippen LogP contribution in [0.25, 0.3) is 0 Å². The third-order valence-corrected chi connectivity index (χ3v) is 7.16. The van der Waals surface area contributed by atoms with Gasteiger partial charge in [-0.15, -0.1) is 0 Å². The summed E-state index contributed by atoms with van der Waals surface area (Å²) in [5, 5.41) is 8.46. The molecule has 1 fully saturated rings. The Morgan fingerprint density at radius 3 is 2.56 bits per heavy atom. The van der Waals surface area contributed by atoms with Crippen molar-refractivity contribution in [3.05, 3.63) is 59.2 Å². The van der Waals surface area contributed by atoms with Crippen LogP contribution in [0.2, 0.25) is 0 Å². The molecule has 1 atom stereocenters. The lowest BCUT2D eigenvalue weighted by Crippen LogP contribution is -2.37. The number of nitrogens with one attached hydrogen (secondary N) is 1. The van der Waals surface area contributed by atoms with Crippen LogP contribution in [0.4, 0.5) is 5.69 Å². The minimum absolute atomic E-state index is 0.0951. The molecule has 8 heteroatoms. The molecule has 2 aromatic carbocycles. The lowest BCUT2D eigenvalue weighted by Gasteiger charge is -2.29. The van der Waals surface area contributed by atoms with Gasteiger partial charge in [0.25, 0.3) is 5.91 Å². The first-order chi connectivity index (χ1) is 16.5. The highest BCUT2D eigenvalue weighted by Gasteiger charge is 2.24. The van der Waals surface area contributed by atoms with Gasteiger partial charge in [0.1, 0.15) is 11.6 Å². The minimum atomic E-state index is -0.197. The first-order valence-electron chi connectivity index (χ1n) is 11.7. The number of benzene rings is 2. The molecule has 0 radical (unpaired) electrons. The Hall–Kier alpha value is -3.00. The summed E-state index contributed by atoms with van der Waals surface area (Å²) in [6, 6.07) is 13.0. The normalized spacial score (nSPS) is 17.4. The Labute approximate surface area is 204 Å². The molecule has 0 spiro atoms. The Balaban J connectivity index is 1.40. The van der Waals surface area contributed by atoms with Gasteiger partial charge in [-0.3, -0.25) is 15.0 Å². The van der Waals surface area contributed by atoms with Crippen LogP contribution in [0.5, 0.6) is 5.75 Å². The summed E-state index contributed by atoms with van der Waals surface area (Å²) in [4.78, 5) is 28.6. The van der Waals surface area contributed by atoms with Gasteiger partial charge in [0.15, 0.2) is 0 Å². The summed E-state index contributed by atoms with van der Waals surface area (Å²) in [6.45, 7) is 4.41. The number of amidine groups is 1. The van der Waals surface area contributed by atoms with Gasteiger partial charge >= 0.3 is 5.97 Å². The molecule has 2 aliphatic heterocycles. The zero-order chi connectivity index (χ0) is 24.1. The molecule has 1 N–H and O–H groups in total. The fourth-order valence-electron chi connectivity index (χ4n) is 4.27. The molecule has 34 heavy (non-hydrogen) atoms. The largest absolute Gasteiger partial charge is 0.493 e. The molecule has 2 heterocycles. The van der Waals surface area contributed by atoms with Crippen LogP contribution in [0.15, 0.2) is 42.5 Å². The van der Waals surface area contributed by atoms with Crippen LogP contribution in [-0.4, -0.2) is 67.5 Å². The number of esters is 1. The van der Waals surface area contributed by atoms with Crippen molar-refractivity contribution in [2.75, 3.05) is 49.8 Å². The van der Waals surface area contributed by atoms with Gasteiger partial charge in [0.2, 0.25) is 0 Å². The monoisotopic (exact) mass is 481 g/mol. The average molecular weight is 482 g/mol. The molecule has 0 bridgehead atoms. The maximum atomic E-state index is 13.1. The van der Waals surface area contributed by atoms with Gasteiger partial charge < -0.3 is 19.3 Å². The van der Waals surface area contributed by atoms with Gasteiger partial charge in [-0.1, -0.05) is 18.2 Å². The van der Waals surface area contributed by atoms with Crippen LogP contribution >= 0.6 is 11.8 Å². The number of fused-ring (bicyclic) bond motifs is 1. The van der Waals surface area contributed by atoms with Crippen LogP contribution in [0.1, 0.15) is 34.8 Å². The van der Waals surface area contributed by atoms with E-state index in [2.05, 4.69) is 4.90 Å². The van der Waals surface area contributed by atoms with E-state index in [1.807, 2.05) is 42.1 Å². The molecule has 2 aliphatic rings. The van der Waals surface area contributed by atoms with Crippen molar-refractivity contribution in [3.8, 4) is 5.75 Å². The van der Waals surface area contributed by atoms with E-state index in [9.17, 15) is 9.59 Å². The molecule has 1 unspecified atom stereocenters. The Morgan fingerprint density at radius 1 is 1.15 bits per heavy atom. The highest BCUT2D eigenvalue weighted by molar-refractivity contribution is 7.99. The van der Waals surface area contributed by atoms with Crippen molar-refractivity contribution in [1.29, 1.82) is 5.41 Å². The second-order valence-electron chi connectivity index (χ2n) is 8.57. The van der Waals surface area contributed by atoms with E-state index in [-0.39, 0.29) is 17.8 Å². The second-order valence-corrected chi connectivity index (χ2v) is 9.80. The van der Waals surface area contributed by atoms with E-state index in [1.165, 1.54) is 0 Å². The van der Waals surface area contributed by atoms with Crippen molar-refractivity contribution in [2.24, 2.45) is 5.92 Å². The number of anilines is 1. The molecular weight excluding hydrogens is 450 g/mol. The van der Waals surface area contributed by atoms with Crippen molar-refractivity contribution >= 4 is 35.2 Å². The smallest absolute Gasteiger partial charge is 0.306 e. The molecule has 0 saturated carbocycles. The van der Waals surface area contributed by atoms with Crippen LogP contribution in [-0.2, 0) is 16.0 Å². The topological polar surface area (TPSA) is 82.9 Å². The number of hydrogen-bond acceptors (Lipinski definition) is 6. The predicted molar refractivity (Wildman–Crippen MR) is 135 cm³/mol. The summed E-state index contributed by atoms with van der Waals surface area (Å²) < 4.78 is 11.0. The number of rotatable bonds is 6. The zero-order valence-corrected chi connectivity index (χ0v) is 20.5. The quantitative estimate of drug-likeness (QED) is 0.384. The minimum Gasteiger partial charge on any atom is -0.493 e. The molecule has 1 saturated heterocycles.